The molecule has 3 N–H and O–H groups in total. The first-order valence-corrected chi connectivity index (χ1v) is 9.98. The van der Waals surface area contributed by atoms with Crippen LogP contribution in [0.5, 0.6) is 0 Å². The first-order chi connectivity index (χ1) is 15.7. The van der Waals surface area contributed by atoms with Gasteiger partial charge < -0.3 is 25.4 Å². The molecule has 2 aromatic heterocycles. The van der Waals surface area contributed by atoms with E-state index in [1.54, 1.807) is 16.8 Å². The second kappa shape index (κ2) is 8.88. The molecule has 0 unspecified atom stereocenters. The molecule has 3 heterocycles. The van der Waals surface area contributed by atoms with Crippen LogP contribution >= 0.6 is 0 Å². The van der Waals surface area contributed by atoms with Crippen molar-refractivity contribution in [2.24, 2.45) is 0 Å². The van der Waals surface area contributed by atoms with Gasteiger partial charge in [0.15, 0.2) is 0 Å². The molecule has 14 heteroatoms. The van der Waals surface area contributed by atoms with Gasteiger partial charge in [-0.2, -0.15) is 33.1 Å². The number of benzene rings is 1. The molecule has 0 atom stereocenters. The number of carbonyl (C=O) groups is 1. The average molecular weight is 463 g/mol. The highest BCUT2D eigenvalue weighted by atomic mass is 19.4. The molecule has 4 rings (SSSR count). The molecule has 0 radical (unpaired) electrons. The van der Waals surface area contributed by atoms with E-state index in [9.17, 15) is 18.0 Å². The smallest absolute Gasteiger partial charge is 0.368 e. The Hall–Kier alpha value is -3.97. The van der Waals surface area contributed by atoms with E-state index >= 15 is 0 Å². The molecule has 174 valence electrons. The van der Waals surface area contributed by atoms with Gasteiger partial charge in [0.1, 0.15) is 0 Å². The number of carbonyl (C=O) groups excluding carboxylic acids is 1. The minimum absolute atomic E-state index is 0.0228. The summed E-state index contributed by atoms with van der Waals surface area (Å²) in [5, 5.41) is 5.90. The summed E-state index contributed by atoms with van der Waals surface area (Å²) in [4.78, 5) is 31.5. The fourth-order valence-corrected chi connectivity index (χ4v) is 3.31. The quantitative estimate of drug-likeness (QED) is 0.577. The Balaban J connectivity index is 1.45. The summed E-state index contributed by atoms with van der Waals surface area (Å²) in [7, 11) is 1.78. The van der Waals surface area contributed by atoms with Gasteiger partial charge in [-0.1, -0.05) is 23.4 Å². The largest absolute Gasteiger partial charge is 0.471 e. The summed E-state index contributed by atoms with van der Waals surface area (Å²) in [6.07, 6.45) is -4.31. The molecule has 33 heavy (non-hydrogen) atoms. The van der Waals surface area contributed by atoms with E-state index < -0.39 is 18.1 Å². The summed E-state index contributed by atoms with van der Waals surface area (Å²) < 4.78 is 42.6. The van der Waals surface area contributed by atoms with Gasteiger partial charge in [-0.05, 0) is 25.0 Å². The Labute approximate surface area is 185 Å². The normalized spacial score (nSPS) is 14.8. The number of aromatic nitrogens is 5. The van der Waals surface area contributed by atoms with Crippen LogP contribution in [0.3, 0.4) is 0 Å². The molecule has 1 aromatic carbocycles. The maximum Gasteiger partial charge on any atom is 0.471 e. The molecule has 0 spiro atoms. The Morgan fingerprint density at radius 1 is 1.12 bits per heavy atom. The van der Waals surface area contributed by atoms with Crippen molar-refractivity contribution in [1.29, 1.82) is 0 Å². The topological polar surface area (TPSA) is 139 Å². The van der Waals surface area contributed by atoms with Crippen molar-refractivity contribution in [2.75, 3.05) is 35.7 Å². The number of rotatable bonds is 5. The van der Waals surface area contributed by atoms with Crippen LogP contribution in [0.2, 0.25) is 0 Å². The van der Waals surface area contributed by atoms with E-state index in [1.807, 2.05) is 35.6 Å². The summed E-state index contributed by atoms with van der Waals surface area (Å²) in [5.74, 6) is -1.47. The number of amides is 1. The maximum atomic E-state index is 12.4. The minimum atomic E-state index is -4.90. The number of piperidine rings is 1. The lowest BCUT2D eigenvalue weighted by molar-refractivity contribution is -0.174. The van der Waals surface area contributed by atoms with Gasteiger partial charge >= 0.3 is 18.1 Å². The average Bonchev–Trinajstić information content (AvgIpc) is 3.29. The summed E-state index contributed by atoms with van der Waals surface area (Å²) in [6.45, 7) is 0.650. The third kappa shape index (κ3) is 5.10. The number of anilines is 4. The number of hydrogen-bond donors (Lipinski definition) is 2. The first kappa shape index (κ1) is 22.2. The highest BCUT2D eigenvalue weighted by Gasteiger charge is 2.40. The summed E-state index contributed by atoms with van der Waals surface area (Å²) in [5.41, 5.74) is 6.68. The predicted molar refractivity (Wildman–Crippen MR) is 111 cm³/mol. The van der Waals surface area contributed by atoms with E-state index in [0.717, 1.165) is 5.69 Å². The van der Waals surface area contributed by atoms with Crippen molar-refractivity contribution >= 4 is 29.5 Å². The van der Waals surface area contributed by atoms with Crippen molar-refractivity contribution < 1.29 is 22.5 Å². The SMILES string of the molecule is CN(c1ccccc1)c1nc(N)nc(-c2noc(N3CCC(NC(=O)C(F)(F)F)CC3)n2)n1. The van der Waals surface area contributed by atoms with Gasteiger partial charge in [0.2, 0.25) is 23.5 Å². The lowest BCUT2D eigenvalue weighted by Crippen LogP contribution is -2.48. The van der Waals surface area contributed by atoms with Gasteiger partial charge in [-0.15, -0.1) is 0 Å². The van der Waals surface area contributed by atoms with E-state index in [1.165, 1.54) is 0 Å². The van der Waals surface area contributed by atoms with Crippen LogP contribution < -0.4 is 20.9 Å². The molecule has 0 saturated carbocycles. The number of hydrogen-bond acceptors (Lipinski definition) is 10. The van der Waals surface area contributed by atoms with Crippen LogP contribution in [0.4, 0.5) is 36.8 Å². The number of halogens is 3. The third-order valence-corrected chi connectivity index (χ3v) is 5.06. The van der Waals surface area contributed by atoms with Gasteiger partial charge in [0, 0.05) is 31.9 Å². The van der Waals surface area contributed by atoms with Gasteiger partial charge in [-0.3, -0.25) is 4.79 Å². The molecule has 3 aromatic rings. The number of alkyl halides is 3. The zero-order chi connectivity index (χ0) is 23.6. The molecule has 1 fully saturated rings. The van der Waals surface area contributed by atoms with Crippen molar-refractivity contribution in [3.8, 4) is 11.6 Å². The van der Waals surface area contributed by atoms with E-state index in [2.05, 4.69) is 25.1 Å². The van der Waals surface area contributed by atoms with Gasteiger partial charge in [-0.25, -0.2) is 0 Å². The molecular weight excluding hydrogens is 443 g/mol. The Bertz CT molecular complexity index is 1120. The predicted octanol–water partition coefficient (Wildman–Crippen LogP) is 1.92. The second-order valence-electron chi connectivity index (χ2n) is 7.34. The molecule has 1 aliphatic rings. The zero-order valence-electron chi connectivity index (χ0n) is 17.5. The van der Waals surface area contributed by atoms with Gasteiger partial charge in [0.05, 0.1) is 0 Å². The van der Waals surface area contributed by atoms with Crippen molar-refractivity contribution in [3.05, 3.63) is 30.3 Å². The van der Waals surface area contributed by atoms with Gasteiger partial charge in [0.25, 0.3) is 0 Å². The van der Waals surface area contributed by atoms with Crippen LogP contribution in [-0.4, -0.2) is 63.4 Å². The zero-order valence-corrected chi connectivity index (χ0v) is 17.5. The summed E-state index contributed by atoms with van der Waals surface area (Å²) in [6, 6.07) is 8.98. The number of nitrogens with zero attached hydrogens (tertiary/aromatic N) is 7. The van der Waals surface area contributed by atoms with E-state index in [0.29, 0.717) is 25.9 Å². The fourth-order valence-electron chi connectivity index (χ4n) is 3.31. The van der Waals surface area contributed by atoms with Crippen LogP contribution in [0.25, 0.3) is 11.6 Å². The fraction of sp³-hybridized carbons (Fsp3) is 0.368. The highest BCUT2D eigenvalue weighted by molar-refractivity contribution is 5.81. The molecule has 1 saturated heterocycles. The molecule has 1 aliphatic heterocycles. The molecule has 1 amide bonds. The van der Waals surface area contributed by atoms with Crippen LogP contribution in [0, 0.1) is 0 Å². The Morgan fingerprint density at radius 3 is 2.48 bits per heavy atom. The lowest BCUT2D eigenvalue weighted by atomic mass is 10.1. The lowest BCUT2D eigenvalue weighted by Gasteiger charge is -2.31. The van der Waals surface area contributed by atoms with Crippen molar-refractivity contribution in [2.45, 2.75) is 25.1 Å². The first-order valence-electron chi connectivity index (χ1n) is 9.98. The molecular formula is C19H20F3N9O2. The highest BCUT2D eigenvalue weighted by Crippen LogP contribution is 2.25. The van der Waals surface area contributed by atoms with E-state index in [-0.39, 0.29) is 29.6 Å². The number of nitrogens with two attached hydrogens (primary N) is 1. The Kier molecular flexibility index (Phi) is 5.98. The van der Waals surface area contributed by atoms with Crippen molar-refractivity contribution in [1.82, 2.24) is 30.4 Å². The van der Waals surface area contributed by atoms with Crippen molar-refractivity contribution in [3.63, 3.8) is 0 Å². The molecule has 11 nitrogen and oxygen atoms in total. The van der Waals surface area contributed by atoms with E-state index in [4.69, 9.17) is 10.3 Å². The van der Waals surface area contributed by atoms with Crippen LogP contribution in [0.1, 0.15) is 12.8 Å². The minimum Gasteiger partial charge on any atom is -0.368 e. The number of nitrogen functional groups attached to an aromatic ring is 1. The third-order valence-electron chi connectivity index (χ3n) is 5.06. The molecule has 0 aliphatic carbocycles. The second-order valence-corrected chi connectivity index (χ2v) is 7.34. The summed E-state index contributed by atoms with van der Waals surface area (Å²) >= 11 is 0. The Morgan fingerprint density at radius 2 is 1.82 bits per heavy atom. The standard InChI is InChI=1S/C19H20F3N9O2/c1-30(12-5-3-2-4-6-12)17-26-13(25-16(23)28-17)14-27-18(33-29-14)31-9-7-11(8-10-31)24-15(32)19(20,21)22/h2-6,11H,7-10H2,1H3,(H,24,32)(H2,23,25,26,28). The maximum absolute atomic E-state index is 12.4. The number of nitrogens with one attached hydrogen (secondary N) is 1. The monoisotopic (exact) mass is 463 g/mol. The van der Waals surface area contributed by atoms with Crippen LogP contribution in [0.15, 0.2) is 34.9 Å². The van der Waals surface area contributed by atoms with Crippen LogP contribution in [-0.2, 0) is 4.79 Å². The molecule has 0 bridgehead atoms. The number of para-hydroxylation sites is 1.